The van der Waals surface area contributed by atoms with Gasteiger partial charge in [0, 0.05) is 83.8 Å². The zero-order chi connectivity index (χ0) is 56.8. The Bertz CT molecular complexity index is 4850. The number of hydrogen-bond acceptors (Lipinski definition) is 3. The molecule has 0 unspecified atom stereocenters. The number of hydrogen-bond donors (Lipinski definition) is 0. The van der Waals surface area contributed by atoms with Gasteiger partial charge in [0.2, 0.25) is 6.71 Å². The number of rotatable bonds is 6. The van der Waals surface area contributed by atoms with Crippen molar-refractivity contribution in [2.45, 2.75) is 57.8 Å². The summed E-state index contributed by atoms with van der Waals surface area (Å²) in [5, 5.41) is 7.32. The molecule has 18 rings (SSSR count). The lowest BCUT2D eigenvalue weighted by molar-refractivity contribution is 0.660. The Labute approximate surface area is 493 Å². The van der Waals surface area contributed by atoms with Crippen LogP contribution in [0.25, 0.3) is 116 Å². The van der Waals surface area contributed by atoms with Crippen molar-refractivity contribution in [3.05, 3.63) is 270 Å². The van der Waals surface area contributed by atoms with Gasteiger partial charge in [0.05, 0.1) is 33.1 Å². The van der Waals surface area contributed by atoms with Gasteiger partial charge < -0.3 is 0 Å². The fourth-order valence-electron chi connectivity index (χ4n) is 16.1. The number of pyridine rings is 3. The maximum absolute atomic E-state index is 5.50. The molecular weight excluding hydrogens is 1030 g/mol. The van der Waals surface area contributed by atoms with Gasteiger partial charge in [0.1, 0.15) is 17.5 Å². The van der Waals surface area contributed by atoms with E-state index in [0.29, 0.717) is 0 Å². The van der Waals surface area contributed by atoms with Crippen LogP contribution in [0.5, 0.6) is 0 Å². The van der Waals surface area contributed by atoms with Crippen molar-refractivity contribution in [1.82, 2.24) is 28.7 Å². The van der Waals surface area contributed by atoms with Gasteiger partial charge in [-0.3, -0.25) is 13.7 Å². The van der Waals surface area contributed by atoms with Crippen molar-refractivity contribution in [3.63, 3.8) is 0 Å². The van der Waals surface area contributed by atoms with Crippen LogP contribution in [0.15, 0.2) is 237 Å². The van der Waals surface area contributed by atoms with E-state index in [0.717, 1.165) is 50.4 Å². The molecule has 15 aromatic rings. The minimum Gasteiger partial charge on any atom is -0.293 e. The van der Waals surface area contributed by atoms with Crippen LogP contribution in [-0.2, 0) is 16.2 Å². The molecule has 402 valence electrons. The molecule has 0 fully saturated rings. The Morgan fingerprint density at radius 1 is 0.271 bits per heavy atom. The summed E-state index contributed by atoms with van der Waals surface area (Å²) in [5.41, 5.74) is 25.5. The molecular formula is C78H57BN6. The van der Waals surface area contributed by atoms with Gasteiger partial charge in [-0.15, -0.1) is 0 Å². The summed E-state index contributed by atoms with van der Waals surface area (Å²) in [5.74, 6) is 2.62. The molecule has 0 N–H and O–H groups in total. The summed E-state index contributed by atoms with van der Waals surface area (Å²) in [6, 6.07) is 80.8. The predicted molar refractivity (Wildman–Crippen MR) is 353 cm³/mol. The van der Waals surface area contributed by atoms with Gasteiger partial charge >= 0.3 is 0 Å². The number of para-hydroxylation sites is 3. The SMILES string of the molecule is CC1(C)c2ccccc2-c2c1ccc1c3ccccc3n(-c3ccc(B(c4ccc(-n5c6ccccc6c6ccc7c(c65)-c5ccccc5C7(C)C)nc4)c4ccc(-n5c6ccccc6c6ccc7c(c65)-c5ccccc5C7(C)C)nc4)cn3)c21. The molecule has 6 aromatic heterocycles. The maximum atomic E-state index is 5.50. The van der Waals surface area contributed by atoms with Crippen LogP contribution in [0.2, 0.25) is 0 Å². The summed E-state index contributed by atoms with van der Waals surface area (Å²) in [7, 11) is 0. The summed E-state index contributed by atoms with van der Waals surface area (Å²) in [4.78, 5) is 16.5. The first-order valence-corrected chi connectivity index (χ1v) is 29.9. The molecule has 85 heavy (non-hydrogen) atoms. The molecule has 3 aliphatic carbocycles. The zero-order valence-corrected chi connectivity index (χ0v) is 48.3. The Hall–Kier alpha value is -10.1. The van der Waals surface area contributed by atoms with Crippen LogP contribution in [-0.4, -0.2) is 35.4 Å². The largest absolute Gasteiger partial charge is 0.293 e. The molecule has 6 nitrogen and oxygen atoms in total. The predicted octanol–water partition coefficient (Wildman–Crippen LogP) is 16.6. The third-order valence-electron chi connectivity index (χ3n) is 20.1. The Balaban J connectivity index is 0.825. The third kappa shape index (κ3) is 6.37. The van der Waals surface area contributed by atoms with E-state index in [1.54, 1.807) is 0 Å². The Morgan fingerprint density at radius 2 is 0.553 bits per heavy atom. The minimum absolute atomic E-state index is 0.146. The Morgan fingerprint density at radius 3 is 0.847 bits per heavy atom. The fourth-order valence-corrected chi connectivity index (χ4v) is 16.1. The minimum atomic E-state index is -0.259. The molecule has 0 radical (unpaired) electrons. The zero-order valence-electron chi connectivity index (χ0n) is 48.3. The van der Waals surface area contributed by atoms with E-state index in [2.05, 4.69) is 292 Å². The van der Waals surface area contributed by atoms with E-state index < -0.39 is 0 Å². The quantitative estimate of drug-likeness (QED) is 0.156. The molecule has 0 spiro atoms. The second-order valence-corrected chi connectivity index (χ2v) is 25.5. The molecule has 7 heteroatoms. The van der Waals surface area contributed by atoms with Crippen molar-refractivity contribution in [2.75, 3.05) is 0 Å². The number of nitrogens with zero attached hydrogens (tertiary/aromatic N) is 6. The van der Waals surface area contributed by atoms with Gasteiger partial charge in [0.25, 0.3) is 0 Å². The molecule has 3 aliphatic rings. The highest BCUT2D eigenvalue weighted by Gasteiger charge is 2.41. The average Bonchev–Trinajstić information content (AvgIpc) is 1.80. The first-order valence-electron chi connectivity index (χ1n) is 29.9. The summed E-state index contributed by atoms with van der Waals surface area (Å²) in [6.07, 6.45) is 6.27. The van der Waals surface area contributed by atoms with Gasteiger partial charge in [-0.05, 0) is 86.5 Å². The molecule has 0 atom stereocenters. The standard InChI is InChI=1S/C78H57BN6/c1-76(2)58-25-13-7-22-55(58)70-61(76)37-34-52-49-19-10-16-28-64(49)83(73(52)70)67-40-31-46(43-80-67)79(47-32-41-68(81-44-47)84-65-29-17-11-20-50(65)53-35-38-62-71(74(53)84)56-23-8-14-26-59(56)77(62,3)4)48-33-42-69(82-45-48)85-66-30-18-12-21-51(66)54-36-39-63-72(75(54)85)57-24-9-15-27-60(57)78(63,5)6/h7-45H,1-6H3. The molecule has 0 bridgehead atoms. The topological polar surface area (TPSA) is 53.5 Å². The van der Waals surface area contributed by atoms with E-state index in [1.165, 1.54) is 116 Å². The van der Waals surface area contributed by atoms with E-state index in [1.807, 2.05) is 0 Å². The van der Waals surface area contributed by atoms with Crippen molar-refractivity contribution in [3.8, 4) is 50.8 Å². The molecule has 0 saturated heterocycles. The monoisotopic (exact) mass is 1090 g/mol. The van der Waals surface area contributed by atoms with Crippen LogP contribution in [0, 0.1) is 0 Å². The van der Waals surface area contributed by atoms with Gasteiger partial charge in [0.15, 0.2) is 0 Å². The lowest BCUT2D eigenvalue weighted by atomic mass is 9.37. The smallest absolute Gasteiger partial charge is 0.247 e. The molecule has 0 aliphatic heterocycles. The van der Waals surface area contributed by atoms with E-state index in [-0.39, 0.29) is 23.0 Å². The average molecular weight is 1090 g/mol. The van der Waals surface area contributed by atoms with Crippen LogP contribution in [0.1, 0.15) is 74.9 Å². The fraction of sp³-hybridized carbons (Fsp3) is 0.115. The highest BCUT2D eigenvalue weighted by molar-refractivity contribution is 6.95. The molecule has 0 amide bonds. The van der Waals surface area contributed by atoms with Gasteiger partial charge in [-0.1, -0.05) is 240 Å². The van der Waals surface area contributed by atoms with Crippen molar-refractivity contribution in [2.24, 2.45) is 0 Å². The number of benzene rings is 9. The molecule has 0 saturated carbocycles. The van der Waals surface area contributed by atoms with Gasteiger partial charge in [-0.25, -0.2) is 15.0 Å². The summed E-state index contributed by atoms with van der Waals surface area (Å²) >= 11 is 0. The van der Waals surface area contributed by atoms with Crippen molar-refractivity contribution >= 4 is 88.5 Å². The first kappa shape index (κ1) is 48.4. The van der Waals surface area contributed by atoms with Crippen LogP contribution in [0.4, 0.5) is 0 Å². The van der Waals surface area contributed by atoms with Crippen LogP contribution < -0.4 is 16.4 Å². The van der Waals surface area contributed by atoms with Gasteiger partial charge in [-0.2, -0.15) is 0 Å². The lowest BCUT2D eigenvalue weighted by Crippen LogP contribution is -2.52. The number of fused-ring (bicyclic) bond motifs is 21. The summed E-state index contributed by atoms with van der Waals surface area (Å²) < 4.78 is 7.20. The van der Waals surface area contributed by atoms with Crippen molar-refractivity contribution < 1.29 is 0 Å². The normalized spacial score (nSPS) is 14.8. The Kier molecular flexibility index (Phi) is 9.70. The van der Waals surface area contributed by atoms with Crippen LogP contribution in [0.3, 0.4) is 0 Å². The number of aromatic nitrogens is 6. The highest BCUT2D eigenvalue weighted by atomic mass is 15.1. The third-order valence-corrected chi connectivity index (χ3v) is 20.1. The summed E-state index contributed by atoms with van der Waals surface area (Å²) in [6.45, 7) is 13.9. The molecule has 6 heterocycles. The second-order valence-electron chi connectivity index (χ2n) is 25.5. The van der Waals surface area contributed by atoms with Crippen molar-refractivity contribution in [1.29, 1.82) is 0 Å². The first-order chi connectivity index (χ1) is 41.5. The maximum Gasteiger partial charge on any atom is 0.247 e. The highest BCUT2D eigenvalue weighted by Crippen LogP contribution is 2.56. The van der Waals surface area contributed by atoms with Crippen LogP contribution >= 0.6 is 0 Å². The van der Waals surface area contributed by atoms with E-state index in [9.17, 15) is 0 Å². The second kappa shape index (κ2) is 17.0. The van der Waals surface area contributed by atoms with E-state index >= 15 is 0 Å². The molecule has 9 aromatic carbocycles. The van der Waals surface area contributed by atoms with E-state index in [4.69, 9.17) is 15.0 Å². The lowest BCUT2D eigenvalue weighted by Gasteiger charge is -2.21.